The lowest BCUT2D eigenvalue weighted by Gasteiger charge is -2.42. The highest BCUT2D eigenvalue weighted by Gasteiger charge is 2.35. The van der Waals surface area contributed by atoms with Gasteiger partial charge in [0.05, 0.1) is 17.7 Å². The van der Waals surface area contributed by atoms with Crippen molar-refractivity contribution in [3.05, 3.63) is 35.9 Å². The Morgan fingerprint density at radius 1 is 1.45 bits per heavy atom. The van der Waals surface area contributed by atoms with E-state index in [-0.39, 0.29) is 17.6 Å². The topological polar surface area (TPSA) is 55.6 Å². The third kappa shape index (κ3) is 3.81. The molecule has 1 aliphatic rings. The van der Waals surface area contributed by atoms with Crippen molar-refractivity contribution >= 4 is 5.91 Å². The fourth-order valence-electron chi connectivity index (χ4n) is 2.81. The van der Waals surface area contributed by atoms with Gasteiger partial charge in [0.2, 0.25) is 5.91 Å². The van der Waals surface area contributed by atoms with Crippen LogP contribution in [0.1, 0.15) is 26.3 Å². The van der Waals surface area contributed by atoms with Gasteiger partial charge in [0.15, 0.2) is 0 Å². The first kappa shape index (κ1) is 15.0. The standard InChI is InChI=1S/C16H24N2O2/c1-12-10-18(11-16(2,3)20-12)15(19)14(17)9-13-7-5-4-6-8-13/h4-8,12,14H,9-11,17H2,1-3H3/t12?,14-/m1/s1. The van der Waals surface area contributed by atoms with E-state index in [0.29, 0.717) is 19.5 Å². The van der Waals surface area contributed by atoms with Gasteiger partial charge in [-0.1, -0.05) is 30.3 Å². The van der Waals surface area contributed by atoms with Crippen molar-refractivity contribution in [1.82, 2.24) is 4.90 Å². The number of ether oxygens (including phenoxy) is 1. The van der Waals surface area contributed by atoms with Crippen LogP contribution in [0.3, 0.4) is 0 Å². The molecule has 1 aromatic rings. The van der Waals surface area contributed by atoms with Crippen LogP contribution in [0.2, 0.25) is 0 Å². The van der Waals surface area contributed by atoms with Gasteiger partial charge in [0.25, 0.3) is 0 Å². The molecule has 1 unspecified atom stereocenters. The van der Waals surface area contributed by atoms with Crippen LogP contribution in [0.4, 0.5) is 0 Å². The van der Waals surface area contributed by atoms with Gasteiger partial charge in [-0.25, -0.2) is 0 Å². The Hall–Kier alpha value is -1.39. The van der Waals surface area contributed by atoms with Crippen LogP contribution in [0.5, 0.6) is 0 Å². The lowest BCUT2D eigenvalue weighted by atomic mass is 10.0. The molecule has 2 atom stereocenters. The molecular weight excluding hydrogens is 252 g/mol. The highest BCUT2D eigenvalue weighted by molar-refractivity contribution is 5.82. The van der Waals surface area contributed by atoms with E-state index in [1.54, 1.807) is 0 Å². The predicted molar refractivity (Wildman–Crippen MR) is 79.3 cm³/mol. The first-order valence-corrected chi connectivity index (χ1v) is 7.13. The summed E-state index contributed by atoms with van der Waals surface area (Å²) in [6, 6.07) is 9.40. The Bertz CT molecular complexity index is 459. The zero-order valence-electron chi connectivity index (χ0n) is 12.5. The molecule has 0 aliphatic carbocycles. The minimum absolute atomic E-state index is 0.0112. The van der Waals surface area contributed by atoms with Crippen molar-refractivity contribution in [3.63, 3.8) is 0 Å². The van der Waals surface area contributed by atoms with Gasteiger partial charge in [-0.3, -0.25) is 4.79 Å². The average molecular weight is 276 g/mol. The van der Waals surface area contributed by atoms with E-state index in [2.05, 4.69) is 0 Å². The summed E-state index contributed by atoms with van der Waals surface area (Å²) in [6.07, 6.45) is 0.623. The number of carbonyl (C=O) groups excluding carboxylic acids is 1. The van der Waals surface area contributed by atoms with Crippen LogP contribution in [-0.2, 0) is 16.0 Å². The van der Waals surface area contributed by atoms with Gasteiger partial charge >= 0.3 is 0 Å². The van der Waals surface area contributed by atoms with Crippen LogP contribution in [0.15, 0.2) is 30.3 Å². The number of morpholine rings is 1. The van der Waals surface area contributed by atoms with Crippen LogP contribution < -0.4 is 5.73 Å². The van der Waals surface area contributed by atoms with Gasteiger partial charge in [-0.15, -0.1) is 0 Å². The number of carbonyl (C=O) groups is 1. The molecule has 0 spiro atoms. The third-order valence-corrected chi connectivity index (χ3v) is 3.50. The lowest BCUT2D eigenvalue weighted by molar-refractivity contribution is -0.159. The van der Waals surface area contributed by atoms with E-state index in [4.69, 9.17) is 10.5 Å². The monoisotopic (exact) mass is 276 g/mol. The van der Waals surface area contributed by atoms with Crippen molar-refractivity contribution in [3.8, 4) is 0 Å². The maximum absolute atomic E-state index is 12.5. The zero-order chi connectivity index (χ0) is 14.8. The number of hydrogen-bond donors (Lipinski definition) is 1. The lowest BCUT2D eigenvalue weighted by Crippen LogP contribution is -2.57. The summed E-state index contributed by atoms with van der Waals surface area (Å²) in [7, 11) is 0. The summed E-state index contributed by atoms with van der Waals surface area (Å²) in [6.45, 7) is 7.21. The minimum atomic E-state index is -0.488. The van der Waals surface area contributed by atoms with Gasteiger partial charge in [-0.2, -0.15) is 0 Å². The van der Waals surface area contributed by atoms with Gasteiger partial charge in [0.1, 0.15) is 0 Å². The van der Waals surface area contributed by atoms with Gasteiger partial charge < -0.3 is 15.4 Å². The largest absolute Gasteiger partial charge is 0.369 e. The smallest absolute Gasteiger partial charge is 0.240 e. The van der Waals surface area contributed by atoms with E-state index >= 15 is 0 Å². The maximum atomic E-state index is 12.5. The Labute approximate surface area is 120 Å². The second-order valence-electron chi connectivity index (χ2n) is 6.20. The highest BCUT2D eigenvalue weighted by Crippen LogP contribution is 2.21. The number of nitrogens with two attached hydrogens (primary N) is 1. The predicted octanol–water partition coefficient (Wildman–Crippen LogP) is 1.58. The second-order valence-corrected chi connectivity index (χ2v) is 6.20. The number of benzene rings is 1. The van der Waals surface area contributed by atoms with Crippen molar-refractivity contribution in [2.24, 2.45) is 5.73 Å². The Kier molecular flexibility index (Phi) is 4.45. The van der Waals surface area contributed by atoms with Crippen molar-refractivity contribution in [2.75, 3.05) is 13.1 Å². The van der Waals surface area contributed by atoms with E-state index < -0.39 is 6.04 Å². The summed E-state index contributed by atoms with van der Waals surface area (Å²) in [5, 5.41) is 0. The zero-order valence-corrected chi connectivity index (χ0v) is 12.5. The van der Waals surface area contributed by atoms with Crippen molar-refractivity contribution < 1.29 is 9.53 Å². The first-order chi connectivity index (χ1) is 9.37. The second kappa shape index (κ2) is 5.94. The average Bonchev–Trinajstić information content (AvgIpc) is 2.36. The summed E-state index contributed by atoms with van der Waals surface area (Å²) in [5.41, 5.74) is 6.87. The number of hydrogen-bond acceptors (Lipinski definition) is 3. The molecule has 2 rings (SSSR count). The molecule has 2 N–H and O–H groups in total. The molecule has 20 heavy (non-hydrogen) atoms. The summed E-state index contributed by atoms with van der Waals surface area (Å²) >= 11 is 0. The van der Waals surface area contributed by atoms with Crippen LogP contribution >= 0.6 is 0 Å². The molecule has 1 amide bonds. The third-order valence-electron chi connectivity index (χ3n) is 3.50. The highest BCUT2D eigenvalue weighted by atomic mass is 16.5. The summed E-state index contributed by atoms with van der Waals surface area (Å²) in [4.78, 5) is 14.3. The minimum Gasteiger partial charge on any atom is -0.369 e. The fourth-order valence-corrected chi connectivity index (χ4v) is 2.81. The Morgan fingerprint density at radius 3 is 2.70 bits per heavy atom. The fraction of sp³-hybridized carbons (Fsp3) is 0.562. The van der Waals surface area contributed by atoms with Crippen molar-refractivity contribution in [2.45, 2.75) is 44.9 Å². The number of amides is 1. The van der Waals surface area contributed by atoms with Crippen LogP contribution in [-0.4, -0.2) is 41.6 Å². The Morgan fingerprint density at radius 2 is 2.10 bits per heavy atom. The molecular formula is C16H24N2O2. The molecule has 0 radical (unpaired) electrons. The summed E-state index contributed by atoms with van der Waals surface area (Å²) < 4.78 is 5.82. The molecule has 1 saturated heterocycles. The van der Waals surface area contributed by atoms with Crippen molar-refractivity contribution in [1.29, 1.82) is 0 Å². The normalized spacial score (nSPS) is 23.4. The molecule has 4 heteroatoms. The number of nitrogens with zero attached hydrogens (tertiary/aromatic N) is 1. The molecule has 0 bridgehead atoms. The van der Waals surface area contributed by atoms with Gasteiger partial charge in [0, 0.05) is 13.1 Å². The van der Waals surface area contributed by atoms with Crippen LogP contribution in [0, 0.1) is 0 Å². The van der Waals surface area contributed by atoms with Crippen LogP contribution in [0.25, 0.3) is 0 Å². The van der Waals surface area contributed by atoms with E-state index in [1.807, 2.05) is 56.0 Å². The molecule has 1 fully saturated rings. The molecule has 1 aromatic carbocycles. The molecule has 0 saturated carbocycles. The molecule has 110 valence electrons. The van der Waals surface area contributed by atoms with Gasteiger partial charge in [-0.05, 0) is 32.8 Å². The molecule has 1 heterocycles. The molecule has 1 aliphatic heterocycles. The molecule has 4 nitrogen and oxygen atoms in total. The first-order valence-electron chi connectivity index (χ1n) is 7.13. The quantitative estimate of drug-likeness (QED) is 0.912. The van der Waals surface area contributed by atoms with E-state index in [1.165, 1.54) is 0 Å². The maximum Gasteiger partial charge on any atom is 0.240 e. The Balaban J connectivity index is 1.99. The number of rotatable bonds is 3. The van der Waals surface area contributed by atoms with E-state index in [9.17, 15) is 4.79 Å². The summed E-state index contributed by atoms with van der Waals surface area (Å²) in [5.74, 6) is 0.0112. The SMILES string of the molecule is CC1CN(C(=O)[C@H](N)Cc2ccccc2)CC(C)(C)O1. The van der Waals surface area contributed by atoms with E-state index in [0.717, 1.165) is 5.56 Å². The molecule has 0 aromatic heterocycles.